The molecule has 1 amide bonds. The Kier molecular flexibility index (Phi) is 4.48. The number of hydrogen-bond donors (Lipinski definition) is 1. The van der Waals surface area contributed by atoms with E-state index in [-0.39, 0.29) is 6.54 Å². The van der Waals surface area contributed by atoms with Crippen molar-refractivity contribution in [3.05, 3.63) is 69.2 Å². The molecule has 0 unspecified atom stereocenters. The summed E-state index contributed by atoms with van der Waals surface area (Å²) in [4.78, 5) is 23.9. The van der Waals surface area contributed by atoms with Crippen LogP contribution < -0.4 is 11.2 Å². The van der Waals surface area contributed by atoms with Crippen molar-refractivity contribution in [3.8, 4) is 0 Å². The van der Waals surface area contributed by atoms with E-state index in [1.54, 1.807) is 24.4 Å². The van der Waals surface area contributed by atoms with Gasteiger partial charge < -0.3 is 4.42 Å². The zero-order valence-electron chi connectivity index (χ0n) is 12.8. The Morgan fingerprint density at radius 3 is 2.92 bits per heavy atom. The summed E-state index contributed by atoms with van der Waals surface area (Å²) in [5.41, 5.74) is 5.18. The van der Waals surface area contributed by atoms with E-state index < -0.39 is 11.7 Å². The molecule has 2 aromatic carbocycles. The lowest BCUT2D eigenvalue weighted by Gasteiger charge is -2.02. The van der Waals surface area contributed by atoms with Gasteiger partial charge in [0.15, 0.2) is 5.58 Å². The van der Waals surface area contributed by atoms with Crippen molar-refractivity contribution in [3.63, 3.8) is 0 Å². The molecule has 0 radical (unpaired) electrons. The highest BCUT2D eigenvalue weighted by atomic mass is 35.5. The monoisotopic (exact) mass is 343 g/mol. The fraction of sp³-hybridized carbons (Fsp3) is 0.118. The second-order valence-corrected chi connectivity index (χ2v) is 5.65. The lowest BCUT2D eigenvalue weighted by Crippen LogP contribution is -2.27. The number of nitrogens with one attached hydrogen (secondary N) is 1. The summed E-state index contributed by atoms with van der Waals surface area (Å²) in [7, 11) is 0. The Hall–Kier alpha value is -2.86. The number of aryl methyl sites for hydroxylation is 1. The van der Waals surface area contributed by atoms with Crippen molar-refractivity contribution in [2.24, 2.45) is 5.10 Å². The van der Waals surface area contributed by atoms with Crippen LogP contribution in [-0.2, 0) is 11.3 Å². The van der Waals surface area contributed by atoms with Crippen molar-refractivity contribution in [2.75, 3.05) is 0 Å². The minimum absolute atomic E-state index is 0.211. The van der Waals surface area contributed by atoms with Gasteiger partial charge in [0.1, 0.15) is 6.54 Å². The average Bonchev–Trinajstić information content (AvgIpc) is 2.85. The number of benzene rings is 2. The second kappa shape index (κ2) is 6.72. The van der Waals surface area contributed by atoms with Gasteiger partial charge in [0.25, 0.3) is 5.91 Å². The molecule has 3 aromatic rings. The highest BCUT2D eigenvalue weighted by Gasteiger charge is 2.12. The van der Waals surface area contributed by atoms with Gasteiger partial charge in [0, 0.05) is 5.02 Å². The maximum Gasteiger partial charge on any atom is 0.420 e. The first-order valence-corrected chi connectivity index (χ1v) is 7.59. The molecule has 1 heterocycles. The van der Waals surface area contributed by atoms with E-state index in [0.29, 0.717) is 16.1 Å². The SMILES string of the molecule is Cc1ccccc1/C=N/NC(=O)Cn1c(=O)oc2ccc(Cl)cc21. The third-order valence-corrected chi connectivity index (χ3v) is 3.75. The van der Waals surface area contributed by atoms with Gasteiger partial charge in [0.2, 0.25) is 0 Å². The zero-order chi connectivity index (χ0) is 17.1. The van der Waals surface area contributed by atoms with Crippen molar-refractivity contribution >= 4 is 34.8 Å². The van der Waals surface area contributed by atoms with Crippen LogP contribution in [0.3, 0.4) is 0 Å². The molecule has 24 heavy (non-hydrogen) atoms. The van der Waals surface area contributed by atoms with Gasteiger partial charge in [-0.05, 0) is 36.2 Å². The summed E-state index contributed by atoms with van der Waals surface area (Å²) < 4.78 is 6.28. The number of carbonyl (C=O) groups is 1. The number of halogens is 1. The highest BCUT2D eigenvalue weighted by Crippen LogP contribution is 2.18. The van der Waals surface area contributed by atoms with Crippen molar-refractivity contribution < 1.29 is 9.21 Å². The number of amides is 1. The van der Waals surface area contributed by atoms with E-state index in [2.05, 4.69) is 10.5 Å². The molecular weight excluding hydrogens is 330 g/mol. The summed E-state index contributed by atoms with van der Waals surface area (Å²) in [6.07, 6.45) is 1.56. The fourth-order valence-electron chi connectivity index (χ4n) is 2.27. The van der Waals surface area contributed by atoms with Gasteiger partial charge in [-0.25, -0.2) is 10.2 Å². The van der Waals surface area contributed by atoms with Gasteiger partial charge in [-0.15, -0.1) is 0 Å². The van der Waals surface area contributed by atoms with Crippen LogP contribution in [0.25, 0.3) is 11.1 Å². The fourth-order valence-corrected chi connectivity index (χ4v) is 2.44. The normalized spacial score (nSPS) is 11.2. The molecule has 0 saturated heterocycles. The predicted octanol–water partition coefficient (Wildman–Crippen LogP) is 2.71. The number of hydrogen-bond acceptors (Lipinski definition) is 4. The average molecular weight is 344 g/mol. The number of fused-ring (bicyclic) bond motifs is 1. The van der Waals surface area contributed by atoms with E-state index in [1.807, 2.05) is 31.2 Å². The first kappa shape index (κ1) is 16.0. The minimum Gasteiger partial charge on any atom is -0.408 e. The van der Waals surface area contributed by atoms with Gasteiger partial charge in [0.05, 0.1) is 11.7 Å². The van der Waals surface area contributed by atoms with Crippen LogP contribution >= 0.6 is 11.6 Å². The Bertz CT molecular complexity index is 988. The topological polar surface area (TPSA) is 76.6 Å². The first-order chi connectivity index (χ1) is 11.5. The molecule has 122 valence electrons. The number of rotatable bonds is 4. The van der Waals surface area contributed by atoms with Gasteiger partial charge >= 0.3 is 5.76 Å². The molecule has 0 aliphatic heterocycles. The summed E-state index contributed by atoms with van der Waals surface area (Å²) in [6.45, 7) is 1.74. The number of hydrazone groups is 1. The number of carbonyl (C=O) groups excluding carboxylic acids is 1. The molecule has 0 saturated carbocycles. The molecule has 6 nitrogen and oxygen atoms in total. The van der Waals surface area contributed by atoms with Crippen LogP contribution in [0, 0.1) is 6.92 Å². The van der Waals surface area contributed by atoms with Crippen molar-refractivity contribution in [1.82, 2.24) is 9.99 Å². The van der Waals surface area contributed by atoms with Crippen LogP contribution in [0.4, 0.5) is 0 Å². The van der Waals surface area contributed by atoms with E-state index in [9.17, 15) is 9.59 Å². The van der Waals surface area contributed by atoms with Crippen molar-refractivity contribution in [2.45, 2.75) is 13.5 Å². The van der Waals surface area contributed by atoms with Crippen molar-refractivity contribution in [1.29, 1.82) is 0 Å². The van der Waals surface area contributed by atoms with Crippen LogP contribution in [-0.4, -0.2) is 16.7 Å². The Balaban J connectivity index is 1.74. The van der Waals surface area contributed by atoms with E-state index in [0.717, 1.165) is 11.1 Å². The number of aromatic nitrogens is 1. The van der Waals surface area contributed by atoms with Gasteiger partial charge in [-0.1, -0.05) is 35.9 Å². The summed E-state index contributed by atoms with van der Waals surface area (Å²) in [6, 6.07) is 12.4. The first-order valence-electron chi connectivity index (χ1n) is 7.21. The Morgan fingerprint density at radius 1 is 1.33 bits per heavy atom. The quantitative estimate of drug-likeness (QED) is 0.584. The van der Waals surface area contributed by atoms with E-state index in [4.69, 9.17) is 16.0 Å². The largest absolute Gasteiger partial charge is 0.420 e. The molecule has 0 aliphatic rings. The van der Waals surface area contributed by atoms with Gasteiger partial charge in [-0.2, -0.15) is 5.10 Å². The van der Waals surface area contributed by atoms with Crippen LogP contribution in [0.2, 0.25) is 5.02 Å². The zero-order valence-corrected chi connectivity index (χ0v) is 13.6. The van der Waals surface area contributed by atoms with E-state index in [1.165, 1.54) is 4.57 Å². The molecule has 1 N–H and O–H groups in total. The third-order valence-electron chi connectivity index (χ3n) is 3.51. The standard InChI is InChI=1S/C17H14ClN3O3/c1-11-4-2-3-5-12(11)9-19-20-16(22)10-21-14-8-13(18)6-7-15(14)24-17(21)23/h2-9H,10H2,1H3,(H,20,22)/b19-9+. The molecule has 1 aromatic heterocycles. The summed E-state index contributed by atoms with van der Waals surface area (Å²) in [5.74, 6) is -1.06. The highest BCUT2D eigenvalue weighted by molar-refractivity contribution is 6.31. The Morgan fingerprint density at radius 2 is 2.12 bits per heavy atom. The number of nitrogens with zero attached hydrogens (tertiary/aromatic N) is 2. The molecule has 0 bridgehead atoms. The molecule has 0 atom stereocenters. The summed E-state index contributed by atoms with van der Waals surface area (Å²) >= 11 is 5.92. The maximum absolute atomic E-state index is 12.0. The second-order valence-electron chi connectivity index (χ2n) is 5.22. The molecular formula is C17H14ClN3O3. The minimum atomic E-state index is -0.620. The van der Waals surface area contributed by atoms with E-state index >= 15 is 0 Å². The lowest BCUT2D eigenvalue weighted by molar-refractivity contribution is -0.121. The van der Waals surface area contributed by atoms with Crippen LogP contribution in [0.1, 0.15) is 11.1 Å². The molecule has 7 heteroatoms. The van der Waals surface area contributed by atoms with Gasteiger partial charge in [-0.3, -0.25) is 9.36 Å². The predicted molar refractivity (Wildman–Crippen MR) is 92.4 cm³/mol. The number of oxazole rings is 1. The maximum atomic E-state index is 12.0. The molecule has 0 fully saturated rings. The molecule has 3 rings (SSSR count). The smallest absolute Gasteiger partial charge is 0.408 e. The third kappa shape index (κ3) is 3.38. The summed E-state index contributed by atoms with van der Waals surface area (Å²) in [5, 5.41) is 4.37. The molecule has 0 aliphatic carbocycles. The molecule has 0 spiro atoms. The van der Waals surface area contributed by atoms with Crippen LogP contribution in [0.15, 0.2) is 56.8 Å². The lowest BCUT2D eigenvalue weighted by atomic mass is 10.1. The van der Waals surface area contributed by atoms with Crippen LogP contribution in [0.5, 0.6) is 0 Å². The Labute approximate surface area is 142 Å².